The molecule has 1 amide bonds. The molecule has 0 saturated carbocycles. The van der Waals surface area contributed by atoms with Gasteiger partial charge in [0, 0.05) is 28.1 Å². The van der Waals surface area contributed by atoms with Gasteiger partial charge in [0.1, 0.15) is 0 Å². The molecule has 2 aromatic carbocycles. The molecule has 3 rings (SSSR count). The van der Waals surface area contributed by atoms with Crippen molar-refractivity contribution in [2.24, 2.45) is 5.92 Å². The zero-order valence-electron chi connectivity index (χ0n) is 16.8. The zero-order valence-corrected chi connectivity index (χ0v) is 18.3. The molecule has 150 valence electrons. The van der Waals surface area contributed by atoms with Crippen LogP contribution in [0.3, 0.4) is 0 Å². The Hall–Kier alpha value is -1.55. The Morgan fingerprint density at radius 2 is 1.75 bits per heavy atom. The normalized spacial score (nSPS) is 16.8. The van der Waals surface area contributed by atoms with E-state index in [1.165, 1.54) is 11.1 Å². The summed E-state index contributed by atoms with van der Waals surface area (Å²) >= 11 is 12.6. The van der Waals surface area contributed by atoms with E-state index in [1.54, 1.807) is 0 Å². The SMILES string of the molecule is Cc1ccc([C@H](C)NC(=O)C2CCN(Cc3c(Cl)cccc3Cl)CC2)cc1C. The Bertz CT molecular complexity index is 824. The molecule has 0 aliphatic carbocycles. The Balaban J connectivity index is 1.53. The lowest BCUT2D eigenvalue weighted by molar-refractivity contribution is -0.127. The molecule has 1 fully saturated rings. The van der Waals surface area contributed by atoms with E-state index in [0.29, 0.717) is 10.0 Å². The Morgan fingerprint density at radius 1 is 1.11 bits per heavy atom. The highest BCUT2D eigenvalue weighted by Crippen LogP contribution is 2.28. The quantitative estimate of drug-likeness (QED) is 0.674. The molecular weight excluding hydrogens is 391 g/mol. The average Bonchev–Trinajstić information content (AvgIpc) is 2.67. The third kappa shape index (κ3) is 5.08. The highest BCUT2D eigenvalue weighted by Gasteiger charge is 2.26. The summed E-state index contributed by atoms with van der Waals surface area (Å²) in [7, 11) is 0. The van der Waals surface area contributed by atoms with Crippen molar-refractivity contribution in [1.29, 1.82) is 0 Å². The lowest BCUT2D eigenvalue weighted by atomic mass is 9.94. The van der Waals surface area contributed by atoms with Gasteiger partial charge in [0.15, 0.2) is 0 Å². The number of aryl methyl sites for hydroxylation is 2. The molecule has 1 aliphatic rings. The monoisotopic (exact) mass is 418 g/mol. The molecule has 1 atom stereocenters. The van der Waals surface area contributed by atoms with Gasteiger partial charge in [-0.1, -0.05) is 47.5 Å². The van der Waals surface area contributed by atoms with Crippen molar-refractivity contribution in [3.8, 4) is 0 Å². The van der Waals surface area contributed by atoms with Crippen molar-refractivity contribution in [1.82, 2.24) is 10.2 Å². The number of benzene rings is 2. The fourth-order valence-corrected chi connectivity index (χ4v) is 4.23. The van der Waals surface area contributed by atoms with Crippen molar-refractivity contribution in [3.05, 3.63) is 68.7 Å². The summed E-state index contributed by atoms with van der Waals surface area (Å²) in [6, 6.07) is 12.0. The van der Waals surface area contributed by atoms with E-state index in [-0.39, 0.29) is 17.9 Å². The number of rotatable bonds is 5. The van der Waals surface area contributed by atoms with Gasteiger partial charge in [0.05, 0.1) is 6.04 Å². The first-order valence-corrected chi connectivity index (χ1v) is 10.6. The van der Waals surface area contributed by atoms with E-state index >= 15 is 0 Å². The van der Waals surface area contributed by atoms with Gasteiger partial charge in [-0.05, 0) is 75.5 Å². The maximum Gasteiger partial charge on any atom is 0.223 e. The predicted molar refractivity (Wildman–Crippen MR) is 117 cm³/mol. The van der Waals surface area contributed by atoms with Gasteiger partial charge in [0.25, 0.3) is 0 Å². The van der Waals surface area contributed by atoms with Crippen LogP contribution in [0.25, 0.3) is 0 Å². The Labute approximate surface area is 178 Å². The van der Waals surface area contributed by atoms with Crippen LogP contribution < -0.4 is 5.32 Å². The summed E-state index contributed by atoms with van der Waals surface area (Å²) in [6.45, 7) is 8.73. The molecule has 28 heavy (non-hydrogen) atoms. The first-order chi connectivity index (χ1) is 13.3. The second-order valence-electron chi connectivity index (χ2n) is 7.82. The maximum absolute atomic E-state index is 12.7. The van der Waals surface area contributed by atoms with Crippen LogP contribution in [0, 0.1) is 19.8 Å². The number of hydrogen-bond acceptors (Lipinski definition) is 2. The highest BCUT2D eigenvalue weighted by atomic mass is 35.5. The largest absolute Gasteiger partial charge is 0.349 e. The van der Waals surface area contributed by atoms with E-state index in [1.807, 2.05) is 18.2 Å². The summed E-state index contributed by atoms with van der Waals surface area (Å²) in [5.41, 5.74) is 4.65. The lowest BCUT2D eigenvalue weighted by Crippen LogP contribution is -2.41. The first-order valence-electron chi connectivity index (χ1n) is 9.88. The highest BCUT2D eigenvalue weighted by molar-refractivity contribution is 6.35. The number of piperidine rings is 1. The molecule has 2 aromatic rings. The third-order valence-electron chi connectivity index (χ3n) is 5.79. The summed E-state index contributed by atoms with van der Waals surface area (Å²) < 4.78 is 0. The van der Waals surface area contributed by atoms with Gasteiger partial charge < -0.3 is 5.32 Å². The Kier molecular flexibility index (Phi) is 7.03. The van der Waals surface area contributed by atoms with E-state index in [0.717, 1.165) is 43.6 Å². The number of nitrogens with one attached hydrogen (secondary N) is 1. The van der Waals surface area contributed by atoms with E-state index < -0.39 is 0 Å². The maximum atomic E-state index is 12.7. The molecule has 1 aliphatic heterocycles. The summed E-state index contributed by atoms with van der Waals surface area (Å²) in [4.78, 5) is 15.1. The van der Waals surface area contributed by atoms with Crippen LogP contribution in [0.1, 0.15) is 48.1 Å². The van der Waals surface area contributed by atoms with Gasteiger partial charge >= 0.3 is 0 Å². The summed E-state index contributed by atoms with van der Waals surface area (Å²) in [5, 5.41) is 4.60. The zero-order chi connectivity index (χ0) is 20.3. The van der Waals surface area contributed by atoms with Crippen LogP contribution in [0.5, 0.6) is 0 Å². The van der Waals surface area contributed by atoms with Gasteiger partial charge in [0.2, 0.25) is 5.91 Å². The minimum absolute atomic E-state index is 0.0201. The second kappa shape index (κ2) is 9.30. The molecule has 0 unspecified atom stereocenters. The molecule has 1 saturated heterocycles. The molecule has 1 N–H and O–H groups in total. The average molecular weight is 419 g/mol. The van der Waals surface area contributed by atoms with Crippen molar-refractivity contribution in [3.63, 3.8) is 0 Å². The van der Waals surface area contributed by atoms with Crippen LogP contribution in [-0.2, 0) is 11.3 Å². The molecule has 3 nitrogen and oxygen atoms in total. The minimum Gasteiger partial charge on any atom is -0.349 e. The van der Waals surface area contributed by atoms with Crippen molar-refractivity contribution >= 4 is 29.1 Å². The predicted octanol–water partition coefficient (Wildman–Crippen LogP) is 5.70. The van der Waals surface area contributed by atoms with Gasteiger partial charge in [-0.3, -0.25) is 9.69 Å². The van der Waals surface area contributed by atoms with Crippen LogP contribution in [0.4, 0.5) is 0 Å². The molecule has 0 radical (unpaired) electrons. The van der Waals surface area contributed by atoms with Crippen molar-refractivity contribution < 1.29 is 4.79 Å². The summed E-state index contributed by atoms with van der Waals surface area (Å²) in [5.74, 6) is 0.216. The second-order valence-corrected chi connectivity index (χ2v) is 8.64. The fraction of sp³-hybridized carbons (Fsp3) is 0.435. The topological polar surface area (TPSA) is 32.3 Å². The van der Waals surface area contributed by atoms with Crippen LogP contribution in [0.15, 0.2) is 36.4 Å². The van der Waals surface area contributed by atoms with E-state index in [4.69, 9.17) is 23.2 Å². The fourth-order valence-electron chi connectivity index (χ4n) is 3.71. The van der Waals surface area contributed by atoms with Crippen molar-refractivity contribution in [2.45, 2.75) is 46.2 Å². The first kappa shape index (κ1) is 21.2. The number of carbonyl (C=O) groups is 1. The number of amides is 1. The lowest BCUT2D eigenvalue weighted by Gasteiger charge is -2.32. The van der Waals surface area contributed by atoms with Crippen LogP contribution in [0.2, 0.25) is 10.0 Å². The Morgan fingerprint density at radius 3 is 2.36 bits per heavy atom. The van der Waals surface area contributed by atoms with E-state index in [9.17, 15) is 4.79 Å². The van der Waals surface area contributed by atoms with Gasteiger partial charge in [-0.25, -0.2) is 0 Å². The minimum atomic E-state index is 0.0201. The third-order valence-corrected chi connectivity index (χ3v) is 6.50. The number of halogens is 2. The van der Waals surface area contributed by atoms with Crippen molar-refractivity contribution in [2.75, 3.05) is 13.1 Å². The molecule has 1 heterocycles. The van der Waals surface area contributed by atoms with Crippen LogP contribution in [-0.4, -0.2) is 23.9 Å². The number of carbonyl (C=O) groups excluding carboxylic acids is 1. The van der Waals surface area contributed by atoms with E-state index in [2.05, 4.69) is 49.2 Å². The molecule has 0 aromatic heterocycles. The molecule has 0 bridgehead atoms. The number of likely N-dealkylation sites (tertiary alicyclic amines) is 1. The van der Waals surface area contributed by atoms with Gasteiger partial charge in [-0.15, -0.1) is 0 Å². The number of hydrogen-bond donors (Lipinski definition) is 1. The molecule has 5 heteroatoms. The molecule has 0 spiro atoms. The standard InChI is InChI=1S/C23H28Cl2N2O/c1-15-7-8-19(13-16(15)2)17(3)26-23(28)18-9-11-27(12-10-18)14-20-21(24)5-4-6-22(20)25/h4-8,13,17-18H,9-12,14H2,1-3H3,(H,26,28)/t17-/m0/s1. The van der Waals surface area contributed by atoms with Crippen LogP contribution >= 0.6 is 23.2 Å². The smallest absolute Gasteiger partial charge is 0.223 e. The number of nitrogens with zero attached hydrogens (tertiary/aromatic N) is 1. The van der Waals surface area contributed by atoms with Gasteiger partial charge in [-0.2, -0.15) is 0 Å². The summed E-state index contributed by atoms with van der Waals surface area (Å²) in [6.07, 6.45) is 1.71. The molecular formula is C23H28Cl2N2O.